The van der Waals surface area contributed by atoms with E-state index in [0.29, 0.717) is 0 Å². The van der Waals surface area contributed by atoms with Gasteiger partial charge in [0, 0.05) is 13.1 Å². The first-order valence-corrected chi connectivity index (χ1v) is 8.96. The van der Waals surface area contributed by atoms with E-state index in [0.717, 1.165) is 37.8 Å². The SMILES string of the molecule is CCCCCOc1ccc(CNCC2CCN(CC)C2)cc1. The first kappa shape index (κ1) is 17.3. The second-order valence-corrected chi connectivity index (χ2v) is 6.38. The van der Waals surface area contributed by atoms with Gasteiger partial charge in [0.05, 0.1) is 6.61 Å². The quantitative estimate of drug-likeness (QED) is 0.667. The fraction of sp³-hybridized carbons (Fsp3) is 0.684. The number of unbranched alkanes of at least 4 members (excludes halogenated alkanes) is 2. The molecule has 1 atom stereocenters. The molecule has 3 nitrogen and oxygen atoms in total. The number of nitrogens with zero attached hydrogens (tertiary/aromatic N) is 1. The first-order valence-electron chi connectivity index (χ1n) is 8.96. The average molecular weight is 304 g/mol. The van der Waals surface area contributed by atoms with Crippen molar-refractivity contribution < 1.29 is 4.74 Å². The summed E-state index contributed by atoms with van der Waals surface area (Å²) in [5, 5.41) is 3.60. The summed E-state index contributed by atoms with van der Waals surface area (Å²) in [6.45, 7) is 11.1. The van der Waals surface area contributed by atoms with Crippen molar-refractivity contribution in [3.8, 4) is 5.75 Å². The van der Waals surface area contributed by atoms with Gasteiger partial charge >= 0.3 is 0 Å². The monoisotopic (exact) mass is 304 g/mol. The minimum atomic E-state index is 0.820. The van der Waals surface area contributed by atoms with Crippen LogP contribution in [0.3, 0.4) is 0 Å². The number of hydrogen-bond donors (Lipinski definition) is 1. The van der Waals surface area contributed by atoms with E-state index in [1.165, 1.54) is 44.5 Å². The molecule has 22 heavy (non-hydrogen) atoms. The van der Waals surface area contributed by atoms with E-state index >= 15 is 0 Å². The van der Waals surface area contributed by atoms with Crippen LogP contribution in [0.4, 0.5) is 0 Å². The van der Waals surface area contributed by atoms with Gasteiger partial charge in [0.1, 0.15) is 5.75 Å². The molecule has 1 fully saturated rings. The molecule has 0 radical (unpaired) electrons. The molecule has 2 rings (SSSR count). The normalized spacial score (nSPS) is 18.7. The van der Waals surface area contributed by atoms with Crippen LogP contribution >= 0.6 is 0 Å². The molecule has 1 N–H and O–H groups in total. The van der Waals surface area contributed by atoms with Crippen LogP contribution in [0.2, 0.25) is 0 Å². The van der Waals surface area contributed by atoms with Gasteiger partial charge in [0.15, 0.2) is 0 Å². The van der Waals surface area contributed by atoms with Crippen LogP contribution in [0.15, 0.2) is 24.3 Å². The van der Waals surface area contributed by atoms with Crippen LogP contribution in [0, 0.1) is 5.92 Å². The second kappa shape index (κ2) is 9.86. The van der Waals surface area contributed by atoms with Crippen LogP contribution in [0.1, 0.15) is 45.1 Å². The highest BCUT2D eigenvalue weighted by molar-refractivity contribution is 5.27. The van der Waals surface area contributed by atoms with Gasteiger partial charge in [0.25, 0.3) is 0 Å². The summed E-state index contributed by atoms with van der Waals surface area (Å²) in [4.78, 5) is 2.54. The highest BCUT2D eigenvalue weighted by Crippen LogP contribution is 2.15. The van der Waals surface area contributed by atoms with Crippen LogP contribution in [0.25, 0.3) is 0 Å². The third-order valence-corrected chi connectivity index (χ3v) is 4.52. The molecule has 0 bridgehead atoms. The highest BCUT2D eigenvalue weighted by Gasteiger charge is 2.20. The summed E-state index contributed by atoms with van der Waals surface area (Å²) in [5.74, 6) is 1.82. The Morgan fingerprint density at radius 1 is 1.18 bits per heavy atom. The number of rotatable bonds is 10. The molecule has 0 aromatic heterocycles. The van der Waals surface area contributed by atoms with Gasteiger partial charge in [-0.05, 0) is 56.1 Å². The summed E-state index contributed by atoms with van der Waals surface area (Å²) < 4.78 is 5.75. The predicted octanol–water partition coefficient (Wildman–Crippen LogP) is 3.69. The van der Waals surface area contributed by atoms with E-state index in [9.17, 15) is 0 Å². The van der Waals surface area contributed by atoms with Gasteiger partial charge < -0.3 is 15.0 Å². The van der Waals surface area contributed by atoms with Crippen molar-refractivity contribution in [3.05, 3.63) is 29.8 Å². The van der Waals surface area contributed by atoms with Crippen molar-refractivity contribution in [1.82, 2.24) is 10.2 Å². The topological polar surface area (TPSA) is 24.5 Å². The Hall–Kier alpha value is -1.06. The summed E-state index contributed by atoms with van der Waals surface area (Å²) >= 11 is 0. The Balaban J connectivity index is 1.62. The first-order chi connectivity index (χ1) is 10.8. The molecule has 1 aromatic rings. The zero-order chi connectivity index (χ0) is 15.6. The zero-order valence-electron chi connectivity index (χ0n) is 14.3. The molecular weight excluding hydrogens is 272 g/mol. The van der Waals surface area contributed by atoms with Crippen molar-refractivity contribution in [2.45, 2.75) is 46.1 Å². The molecule has 1 aliphatic heterocycles. The summed E-state index contributed by atoms with van der Waals surface area (Å²) in [7, 11) is 0. The molecule has 3 heteroatoms. The molecule has 1 aromatic carbocycles. The van der Waals surface area contributed by atoms with E-state index in [4.69, 9.17) is 4.74 Å². The van der Waals surface area contributed by atoms with Crippen molar-refractivity contribution in [3.63, 3.8) is 0 Å². The molecule has 1 heterocycles. The van der Waals surface area contributed by atoms with Crippen LogP contribution in [0.5, 0.6) is 5.75 Å². The molecule has 0 saturated carbocycles. The lowest BCUT2D eigenvalue weighted by Gasteiger charge is -2.14. The Morgan fingerprint density at radius 2 is 2.00 bits per heavy atom. The Bertz CT molecular complexity index is 404. The van der Waals surface area contributed by atoms with E-state index in [1.807, 2.05) is 0 Å². The smallest absolute Gasteiger partial charge is 0.119 e. The number of likely N-dealkylation sites (tertiary alicyclic amines) is 1. The molecular formula is C19H32N2O. The van der Waals surface area contributed by atoms with Crippen LogP contribution < -0.4 is 10.1 Å². The van der Waals surface area contributed by atoms with Crippen molar-refractivity contribution in [2.75, 3.05) is 32.8 Å². The number of ether oxygens (including phenoxy) is 1. The average Bonchev–Trinajstić information content (AvgIpc) is 3.01. The fourth-order valence-electron chi connectivity index (χ4n) is 3.03. The second-order valence-electron chi connectivity index (χ2n) is 6.38. The maximum Gasteiger partial charge on any atom is 0.119 e. The van der Waals surface area contributed by atoms with Crippen LogP contribution in [-0.4, -0.2) is 37.7 Å². The van der Waals surface area contributed by atoms with Gasteiger partial charge in [-0.15, -0.1) is 0 Å². The Kier molecular flexibility index (Phi) is 7.75. The maximum atomic E-state index is 5.75. The molecule has 1 unspecified atom stereocenters. The summed E-state index contributed by atoms with van der Waals surface area (Å²) in [6.07, 6.45) is 4.98. The van der Waals surface area contributed by atoms with Gasteiger partial charge in [0.2, 0.25) is 0 Å². The van der Waals surface area contributed by atoms with Crippen molar-refractivity contribution in [2.24, 2.45) is 5.92 Å². The molecule has 0 aliphatic carbocycles. The predicted molar refractivity (Wildman–Crippen MR) is 93.4 cm³/mol. The minimum absolute atomic E-state index is 0.820. The van der Waals surface area contributed by atoms with E-state index in [2.05, 4.69) is 48.3 Å². The lowest BCUT2D eigenvalue weighted by Crippen LogP contribution is -2.26. The largest absolute Gasteiger partial charge is 0.494 e. The molecule has 1 saturated heterocycles. The third-order valence-electron chi connectivity index (χ3n) is 4.52. The lowest BCUT2D eigenvalue weighted by atomic mass is 10.1. The standard InChI is InChI=1S/C19H32N2O/c1-3-5-6-13-22-19-9-7-17(8-10-19)14-20-15-18-11-12-21(4-2)16-18/h7-10,18,20H,3-6,11-16H2,1-2H3. The molecule has 0 spiro atoms. The third kappa shape index (κ3) is 5.98. The van der Waals surface area contributed by atoms with E-state index in [-0.39, 0.29) is 0 Å². The van der Waals surface area contributed by atoms with Crippen LogP contribution in [-0.2, 0) is 6.54 Å². The van der Waals surface area contributed by atoms with Crippen molar-refractivity contribution >= 4 is 0 Å². The molecule has 0 amide bonds. The number of hydrogen-bond acceptors (Lipinski definition) is 3. The van der Waals surface area contributed by atoms with E-state index in [1.54, 1.807) is 0 Å². The van der Waals surface area contributed by atoms with Gasteiger partial charge in [-0.25, -0.2) is 0 Å². The highest BCUT2D eigenvalue weighted by atomic mass is 16.5. The van der Waals surface area contributed by atoms with Gasteiger partial charge in [-0.1, -0.05) is 38.8 Å². The zero-order valence-corrected chi connectivity index (χ0v) is 14.3. The molecule has 124 valence electrons. The lowest BCUT2D eigenvalue weighted by molar-refractivity contribution is 0.306. The van der Waals surface area contributed by atoms with Gasteiger partial charge in [-0.2, -0.15) is 0 Å². The maximum absolute atomic E-state index is 5.75. The Labute approximate surface area is 136 Å². The summed E-state index contributed by atoms with van der Waals surface area (Å²) in [6, 6.07) is 8.54. The number of benzene rings is 1. The van der Waals surface area contributed by atoms with E-state index < -0.39 is 0 Å². The minimum Gasteiger partial charge on any atom is -0.494 e. The summed E-state index contributed by atoms with van der Waals surface area (Å²) in [5.41, 5.74) is 1.34. The molecule has 1 aliphatic rings. The Morgan fingerprint density at radius 3 is 2.68 bits per heavy atom. The van der Waals surface area contributed by atoms with Crippen molar-refractivity contribution in [1.29, 1.82) is 0 Å². The fourth-order valence-corrected chi connectivity index (χ4v) is 3.03. The van der Waals surface area contributed by atoms with Gasteiger partial charge in [-0.3, -0.25) is 0 Å². The number of nitrogens with one attached hydrogen (secondary N) is 1.